The molecule has 1 aliphatic rings. The molecular weight excluding hydrogens is 438 g/mol. The number of rotatable bonds is 6. The van der Waals surface area contributed by atoms with E-state index in [0.717, 1.165) is 23.0 Å². The van der Waals surface area contributed by atoms with Gasteiger partial charge in [0.05, 0.1) is 16.5 Å². The number of ether oxygens (including phenoxy) is 2. The maximum Gasteiger partial charge on any atom is 0.268 e. The molecule has 2 heterocycles. The number of nitrogens with zero attached hydrogens (tertiary/aromatic N) is 1. The Hall–Kier alpha value is -2.07. The molecule has 0 radical (unpaired) electrons. The second-order valence-corrected chi connectivity index (χ2v) is 11.0. The molecule has 0 saturated carbocycles. The Kier molecular flexibility index (Phi) is 5.32. The molecular formula is C19H18ClNO6S2. The highest BCUT2D eigenvalue weighted by Gasteiger charge is 2.26. The number of fused-ring (bicyclic) bond motifs is 1. The smallest absolute Gasteiger partial charge is 0.268 e. The van der Waals surface area contributed by atoms with E-state index in [4.69, 9.17) is 20.2 Å². The third-order valence-corrected chi connectivity index (χ3v) is 7.77. The van der Waals surface area contributed by atoms with Gasteiger partial charge in [-0.05, 0) is 37.1 Å². The van der Waals surface area contributed by atoms with Crippen LogP contribution >= 0.6 is 10.7 Å². The molecule has 0 aliphatic carbocycles. The highest BCUT2D eigenvalue weighted by atomic mass is 35.7. The minimum Gasteiger partial charge on any atom is -0.491 e. The van der Waals surface area contributed by atoms with Crippen LogP contribution in [0.1, 0.15) is 12.8 Å². The summed E-state index contributed by atoms with van der Waals surface area (Å²) in [5.74, 6) is 0.411. The van der Waals surface area contributed by atoms with Crippen LogP contribution in [0.5, 0.6) is 5.75 Å². The van der Waals surface area contributed by atoms with E-state index in [2.05, 4.69) is 0 Å². The zero-order valence-corrected chi connectivity index (χ0v) is 17.6. The number of benzene rings is 2. The topological polar surface area (TPSA) is 91.7 Å². The van der Waals surface area contributed by atoms with Crippen molar-refractivity contribution in [3.63, 3.8) is 0 Å². The van der Waals surface area contributed by atoms with Crippen LogP contribution < -0.4 is 4.74 Å². The standard InChI is InChI=1S/C19H18ClNO6S2/c20-28(22,23)19-12-21(29(24,25)16-6-2-1-3-7-16)18-11-14(8-9-17(18)19)27-13-15-5-4-10-26-15/h1-3,6-9,11-12,15H,4-5,10,13H2. The summed E-state index contributed by atoms with van der Waals surface area (Å²) in [6, 6.07) is 12.3. The van der Waals surface area contributed by atoms with Gasteiger partial charge >= 0.3 is 0 Å². The van der Waals surface area contributed by atoms with Crippen molar-refractivity contribution in [2.45, 2.75) is 28.7 Å². The highest BCUT2D eigenvalue weighted by molar-refractivity contribution is 8.14. The Bertz CT molecular complexity index is 1250. The van der Waals surface area contributed by atoms with Gasteiger partial charge < -0.3 is 9.47 Å². The van der Waals surface area contributed by atoms with Crippen molar-refractivity contribution in [2.24, 2.45) is 0 Å². The fourth-order valence-electron chi connectivity index (χ4n) is 3.30. The van der Waals surface area contributed by atoms with Crippen LogP contribution in [0.25, 0.3) is 10.9 Å². The van der Waals surface area contributed by atoms with E-state index in [1.165, 1.54) is 24.3 Å². The van der Waals surface area contributed by atoms with Crippen LogP contribution in [-0.2, 0) is 23.8 Å². The molecule has 7 nitrogen and oxygen atoms in total. The normalized spacial score (nSPS) is 17.6. The molecule has 0 N–H and O–H groups in total. The quantitative estimate of drug-likeness (QED) is 0.529. The summed E-state index contributed by atoms with van der Waals surface area (Å²) in [5, 5.41) is 0.198. The van der Waals surface area contributed by atoms with Crippen LogP contribution in [0, 0.1) is 0 Å². The molecule has 1 saturated heterocycles. The lowest BCUT2D eigenvalue weighted by molar-refractivity contribution is 0.0680. The molecule has 1 fully saturated rings. The molecule has 2 aromatic carbocycles. The van der Waals surface area contributed by atoms with Gasteiger partial charge in [0, 0.05) is 34.9 Å². The van der Waals surface area contributed by atoms with Gasteiger partial charge in [0.15, 0.2) is 0 Å². The Labute approximate surface area is 173 Å². The van der Waals surface area contributed by atoms with Crippen LogP contribution in [0.4, 0.5) is 0 Å². The van der Waals surface area contributed by atoms with Crippen LogP contribution in [0.2, 0.25) is 0 Å². The molecule has 154 valence electrons. The van der Waals surface area contributed by atoms with Gasteiger partial charge in [-0.25, -0.2) is 20.8 Å². The SMILES string of the molecule is O=S(=O)(Cl)c1cn(S(=O)(=O)c2ccccc2)c2cc(OCC3CCCO3)ccc12. The fourth-order valence-corrected chi connectivity index (χ4v) is 5.79. The third kappa shape index (κ3) is 4.00. The van der Waals surface area contributed by atoms with Crippen molar-refractivity contribution < 1.29 is 26.3 Å². The maximum atomic E-state index is 13.1. The van der Waals surface area contributed by atoms with Crippen LogP contribution in [0.3, 0.4) is 0 Å². The van der Waals surface area contributed by atoms with E-state index in [1.807, 2.05) is 0 Å². The number of halogens is 1. The van der Waals surface area contributed by atoms with Gasteiger partial charge in [-0.3, -0.25) is 0 Å². The summed E-state index contributed by atoms with van der Waals surface area (Å²) in [4.78, 5) is -0.250. The zero-order valence-electron chi connectivity index (χ0n) is 15.2. The molecule has 3 aromatic rings. The maximum absolute atomic E-state index is 13.1. The highest BCUT2D eigenvalue weighted by Crippen LogP contribution is 2.33. The van der Waals surface area contributed by atoms with E-state index in [1.54, 1.807) is 24.3 Å². The Morgan fingerprint density at radius 1 is 1.10 bits per heavy atom. The second kappa shape index (κ2) is 7.64. The van der Waals surface area contributed by atoms with Crippen LogP contribution in [-0.4, -0.2) is 40.1 Å². The first kappa shape index (κ1) is 20.2. The Morgan fingerprint density at radius 2 is 1.86 bits per heavy atom. The van der Waals surface area contributed by atoms with Crippen molar-refractivity contribution in [3.8, 4) is 5.75 Å². The minimum atomic E-state index is -4.16. The van der Waals surface area contributed by atoms with Crippen molar-refractivity contribution in [3.05, 3.63) is 54.7 Å². The van der Waals surface area contributed by atoms with Gasteiger partial charge in [-0.2, -0.15) is 0 Å². The first-order valence-electron chi connectivity index (χ1n) is 8.91. The lowest BCUT2D eigenvalue weighted by atomic mass is 10.2. The van der Waals surface area contributed by atoms with Gasteiger partial charge in [0.2, 0.25) is 0 Å². The summed E-state index contributed by atoms with van der Waals surface area (Å²) >= 11 is 0. The molecule has 1 aromatic heterocycles. The monoisotopic (exact) mass is 455 g/mol. The molecule has 0 amide bonds. The van der Waals surface area contributed by atoms with Crippen molar-refractivity contribution >= 4 is 40.7 Å². The fraction of sp³-hybridized carbons (Fsp3) is 0.263. The summed E-state index contributed by atoms with van der Waals surface area (Å²) in [5.41, 5.74) is 0.165. The first-order chi connectivity index (χ1) is 13.8. The van der Waals surface area contributed by atoms with Crippen LogP contribution in [0.15, 0.2) is 64.5 Å². The average molecular weight is 456 g/mol. The predicted molar refractivity (Wildman–Crippen MR) is 108 cm³/mol. The van der Waals surface area contributed by atoms with E-state index in [-0.39, 0.29) is 26.8 Å². The molecule has 29 heavy (non-hydrogen) atoms. The lowest BCUT2D eigenvalue weighted by Crippen LogP contribution is -2.16. The first-order valence-corrected chi connectivity index (χ1v) is 12.7. The lowest BCUT2D eigenvalue weighted by Gasteiger charge is -2.12. The molecule has 1 unspecified atom stereocenters. The predicted octanol–water partition coefficient (Wildman–Crippen LogP) is 3.36. The van der Waals surface area contributed by atoms with Gasteiger partial charge in [-0.1, -0.05) is 18.2 Å². The Morgan fingerprint density at radius 3 is 2.52 bits per heavy atom. The van der Waals surface area contributed by atoms with E-state index < -0.39 is 19.1 Å². The molecule has 0 spiro atoms. The largest absolute Gasteiger partial charge is 0.491 e. The van der Waals surface area contributed by atoms with E-state index >= 15 is 0 Å². The third-order valence-electron chi connectivity index (χ3n) is 4.73. The van der Waals surface area contributed by atoms with E-state index in [9.17, 15) is 16.8 Å². The number of hydrogen-bond donors (Lipinski definition) is 0. The molecule has 0 bridgehead atoms. The number of aromatic nitrogens is 1. The molecule has 4 rings (SSSR count). The van der Waals surface area contributed by atoms with Gasteiger partial charge in [0.1, 0.15) is 17.3 Å². The van der Waals surface area contributed by atoms with Crippen molar-refractivity contribution in [1.82, 2.24) is 3.97 Å². The molecule has 1 aliphatic heterocycles. The Balaban J connectivity index is 1.82. The second-order valence-electron chi connectivity index (χ2n) is 6.67. The van der Waals surface area contributed by atoms with Crippen molar-refractivity contribution in [1.29, 1.82) is 0 Å². The molecule has 10 heteroatoms. The summed E-state index contributed by atoms with van der Waals surface area (Å²) in [7, 11) is -2.65. The number of hydrogen-bond acceptors (Lipinski definition) is 6. The van der Waals surface area contributed by atoms with Gasteiger partial charge in [0.25, 0.3) is 19.1 Å². The molecule has 1 atom stereocenters. The average Bonchev–Trinajstić information content (AvgIpc) is 3.34. The van der Waals surface area contributed by atoms with Gasteiger partial charge in [-0.15, -0.1) is 0 Å². The summed E-state index contributed by atoms with van der Waals surface area (Å²) in [6.45, 7) is 1.03. The minimum absolute atomic E-state index is 0.00989. The summed E-state index contributed by atoms with van der Waals surface area (Å²) < 4.78 is 62.5. The zero-order chi connectivity index (χ0) is 20.6. The van der Waals surface area contributed by atoms with E-state index in [0.29, 0.717) is 19.0 Å². The van der Waals surface area contributed by atoms with Crippen molar-refractivity contribution in [2.75, 3.05) is 13.2 Å². The summed E-state index contributed by atoms with van der Waals surface area (Å²) in [6.07, 6.45) is 2.89.